The number of hydrogen-bond donors (Lipinski definition) is 0. The number of rotatable bonds is 4. The molecule has 1 heteroatoms. The minimum atomic E-state index is 0.895. The third-order valence-corrected chi connectivity index (χ3v) is 9.03. The molecule has 0 amide bonds. The number of fused-ring (bicyclic) bond motifs is 4. The van der Waals surface area contributed by atoms with E-state index in [9.17, 15) is 0 Å². The smallest absolute Gasteiger partial charge is 0.135 e. The van der Waals surface area contributed by atoms with Crippen LogP contribution in [-0.2, 0) is 0 Å². The maximum absolute atomic E-state index is 6.17. The Hall–Kier alpha value is -5.92. The largest absolute Gasteiger partial charge is 0.456 e. The van der Waals surface area contributed by atoms with Crippen LogP contribution in [0.4, 0.5) is 0 Å². The van der Waals surface area contributed by atoms with Gasteiger partial charge in [0.2, 0.25) is 0 Å². The Morgan fingerprint density at radius 3 is 1.47 bits per heavy atom. The molecule has 210 valence electrons. The highest BCUT2D eigenvalue weighted by Crippen LogP contribution is 2.44. The van der Waals surface area contributed by atoms with Gasteiger partial charge in [0.25, 0.3) is 0 Å². The van der Waals surface area contributed by atoms with Crippen LogP contribution >= 0.6 is 0 Å². The van der Waals surface area contributed by atoms with Crippen molar-refractivity contribution in [3.05, 3.63) is 170 Å². The van der Waals surface area contributed by atoms with Gasteiger partial charge in [-0.2, -0.15) is 0 Å². The molecule has 1 heterocycles. The van der Waals surface area contributed by atoms with Crippen LogP contribution < -0.4 is 0 Å². The standard InChI is InChI=1S/C44H28O/c1-2-11-29(12-3-1)30-14-10-15-35(26-30)43-37-16-5-7-18-39(37)44(40-19-8-6-17-38(40)43)36-24-22-31-25-34(23-21-32(31)27-36)42-28-33-13-4-9-20-41(33)45-42/h1-28H. The van der Waals surface area contributed by atoms with Crippen molar-refractivity contribution in [2.45, 2.75) is 0 Å². The maximum Gasteiger partial charge on any atom is 0.135 e. The van der Waals surface area contributed by atoms with Crippen molar-refractivity contribution in [3.8, 4) is 44.7 Å². The van der Waals surface area contributed by atoms with Crippen molar-refractivity contribution < 1.29 is 4.42 Å². The van der Waals surface area contributed by atoms with Gasteiger partial charge in [-0.1, -0.05) is 140 Å². The van der Waals surface area contributed by atoms with E-state index < -0.39 is 0 Å². The van der Waals surface area contributed by atoms with Crippen LogP contribution in [0.25, 0.3) is 88.0 Å². The highest BCUT2D eigenvalue weighted by Gasteiger charge is 2.17. The van der Waals surface area contributed by atoms with Crippen LogP contribution in [-0.4, -0.2) is 0 Å². The molecule has 8 aromatic carbocycles. The molecule has 0 bridgehead atoms. The van der Waals surface area contributed by atoms with Crippen LogP contribution in [0.15, 0.2) is 174 Å². The molecule has 0 aliphatic rings. The van der Waals surface area contributed by atoms with E-state index in [2.05, 4.69) is 152 Å². The summed E-state index contributed by atoms with van der Waals surface area (Å²) in [6.45, 7) is 0. The van der Waals surface area contributed by atoms with E-state index in [-0.39, 0.29) is 0 Å². The Morgan fingerprint density at radius 1 is 0.289 bits per heavy atom. The van der Waals surface area contributed by atoms with Gasteiger partial charge < -0.3 is 4.42 Å². The minimum absolute atomic E-state index is 0.895. The highest BCUT2D eigenvalue weighted by atomic mass is 16.3. The minimum Gasteiger partial charge on any atom is -0.456 e. The van der Waals surface area contributed by atoms with Crippen molar-refractivity contribution in [1.82, 2.24) is 0 Å². The van der Waals surface area contributed by atoms with Gasteiger partial charge in [0.1, 0.15) is 11.3 Å². The molecule has 0 saturated carbocycles. The van der Waals surface area contributed by atoms with Gasteiger partial charge in [-0.3, -0.25) is 0 Å². The third-order valence-electron chi connectivity index (χ3n) is 9.03. The molecule has 1 nitrogen and oxygen atoms in total. The first kappa shape index (κ1) is 25.6. The van der Waals surface area contributed by atoms with Gasteiger partial charge in [-0.15, -0.1) is 0 Å². The van der Waals surface area contributed by atoms with E-state index in [1.54, 1.807) is 0 Å². The average molecular weight is 573 g/mol. The Morgan fingerprint density at radius 2 is 0.800 bits per heavy atom. The normalized spacial score (nSPS) is 11.6. The van der Waals surface area contributed by atoms with Gasteiger partial charge in [0.05, 0.1) is 0 Å². The van der Waals surface area contributed by atoms with Crippen molar-refractivity contribution in [2.75, 3.05) is 0 Å². The zero-order valence-electron chi connectivity index (χ0n) is 24.6. The molecule has 0 aliphatic carbocycles. The molecular formula is C44H28O. The summed E-state index contributed by atoms with van der Waals surface area (Å²) in [5.74, 6) is 0.895. The predicted octanol–water partition coefficient (Wildman–Crippen LogP) is 12.6. The van der Waals surface area contributed by atoms with Crippen molar-refractivity contribution >= 4 is 43.3 Å². The fourth-order valence-electron chi connectivity index (χ4n) is 6.91. The van der Waals surface area contributed by atoms with E-state index in [0.29, 0.717) is 0 Å². The third kappa shape index (κ3) is 4.32. The Kier molecular flexibility index (Phi) is 5.89. The van der Waals surface area contributed by atoms with E-state index in [1.807, 2.05) is 18.2 Å². The van der Waals surface area contributed by atoms with E-state index in [4.69, 9.17) is 4.42 Å². The molecular weight excluding hydrogens is 544 g/mol. The second kappa shape index (κ2) is 10.4. The molecule has 9 rings (SSSR count). The highest BCUT2D eigenvalue weighted by molar-refractivity contribution is 6.21. The maximum atomic E-state index is 6.17. The summed E-state index contributed by atoms with van der Waals surface area (Å²) in [7, 11) is 0. The van der Waals surface area contributed by atoms with E-state index >= 15 is 0 Å². The Labute approximate surface area is 261 Å². The van der Waals surface area contributed by atoms with Crippen molar-refractivity contribution in [3.63, 3.8) is 0 Å². The molecule has 1 aromatic heterocycles. The lowest BCUT2D eigenvalue weighted by atomic mass is 9.85. The summed E-state index contributed by atoms with van der Waals surface area (Å²) in [5, 5.41) is 8.56. The average Bonchev–Trinajstić information content (AvgIpc) is 3.55. The van der Waals surface area contributed by atoms with Crippen LogP contribution in [0.3, 0.4) is 0 Å². The summed E-state index contributed by atoms with van der Waals surface area (Å²) in [6, 6.07) is 61.1. The van der Waals surface area contributed by atoms with Crippen molar-refractivity contribution in [2.24, 2.45) is 0 Å². The lowest BCUT2D eigenvalue weighted by Crippen LogP contribution is -1.91. The predicted molar refractivity (Wildman–Crippen MR) is 190 cm³/mol. The van der Waals surface area contributed by atoms with Gasteiger partial charge in [-0.05, 0) is 96.0 Å². The van der Waals surface area contributed by atoms with Gasteiger partial charge in [-0.25, -0.2) is 0 Å². The number of benzene rings is 8. The van der Waals surface area contributed by atoms with Crippen LogP contribution in [0.1, 0.15) is 0 Å². The molecule has 0 unspecified atom stereocenters. The fraction of sp³-hybridized carbons (Fsp3) is 0. The fourth-order valence-corrected chi connectivity index (χ4v) is 6.91. The molecule has 0 N–H and O–H groups in total. The summed E-state index contributed by atoms with van der Waals surface area (Å²) in [6.07, 6.45) is 0. The molecule has 45 heavy (non-hydrogen) atoms. The quantitative estimate of drug-likeness (QED) is 0.191. The van der Waals surface area contributed by atoms with Crippen LogP contribution in [0.5, 0.6) is 0 Å². The number of hydrogen-bond acceptors (Lipinski definition) is 1. The monoisotopic (exact) mass is 572 g/mol. The molecule has 0 aliphatic heterocycles. The Bertz CT molecular complexity index is 2440. The van der Waals surface area contributed by atoms with E-state index in [0.717, 1.165) is 22.3 Å². The first-order valence-corrected chi connectivity index (χ1v) is 15.4. The topological polar surface area (TPSA) is 13.1 Å². The summed E-state index contributed by atoms with van der Waals surface area (Å²) < 4.78 is 6.17. The van der Waals surface area contributed by atoms with Crippen LogP contribution in [0.2, 0.25) is 0 Å². The van der Waals surface area contributed by atoms with Gasteiger partial charge in [0.15, 0.2) is 0 Å². The lowest BCUT2D eigenvalue weighted by Gasteiger charge is -2.18. The Balaban J connectivity index is 1.22. The SMILES string of the molecule is c1ccc(-c2cccc(-c3c4ccccc4c(-c4ccc5cc(-c6cc7ccccc7o6)ccc5c4)c4ccccc34)c2)cc1. The number of para-hydroxylation sites is 1. The van der Waals surface area contributed by atoms with E-state index in [1.165, 1.54) is 65.7 Å². The zero-order valence-corrected chi connectivity index (χ0v) is 24.6. The summed E-state index contributed by atoms with van der Waals surface area (Å²) >= 11 is 0. The molecule has 0 radical (unpaired) electrons. The lowest BCUT2D eigenvalue weighted by molar-refractivity contribution is 0.631. The molecule has 0 spiro atoms. The summed E-state index contributed by atoms with van der Waals surface area (Å²) in [5.41, 5.74) is 9.45. The van der Waals surface area contributed by atoms with Gasteiger partial charge in [0, 0.05) is 10.9 Å². The molecule has 0 atom stereocenters. The first-order chi connectivity index (χ1) is 22.3. The number of furan rings is 1. The second-order valence-corrected chi connectivity index (χ2v) is 11.7. The molecule has 0 fully saturated rings. The van der Waals surface area contributed by atoms with Crippen LogP contribution in [0, 0.1) is 0 Å². The zero-order chi connectivity index (χ0) is 29.7. The second-order valence-electron chi connectivity index (χ2n) is 11.7. The summed E-state index contributed by atoms with van der Waals surface area (Å²) in [4.78, 5) is 0. The first-order valence-electron chi connectivity index (χ1n) is 15.4. The molecule has 0 saturated heterocycles. The van der Waals surface area contributed by atoms with Crippen molar-refractivity contribution in [1.29, 1.82) is 0 Å². The molecule has 9 aromatic rings. The van der Waals surface area contributed by atoms with Gasteiger partial charge >= 0.3 is 0 Å².